The summed E-state index contributed by atoms with van der Waals surface area (Å²) in [5.41, 5.74) is 2.25. The Balaban J connectivity index is 1.41. The van der Waals surface area contributed by atoms with E-state index in [1.54, 1.807) is 60.5 Å². The first kappa shape index (κ1) is 24.5. The minimum absolute atomic E-state index is 0.183. The molecule has 0 unspecified atom stereocenters. The van der Waals surface area contributed by atoms with E-state index in [1.165, 1.54) is 0 Å². The van der Waals surface area contributed by atoms with Gasteiger partial charge in [-0.2, -0.15) is 0 Å². The molecule has 0 spiro atoms. The van der Waals surface area contributed by atoms with Crippen molar-refractivity contribution in [3.63, 3.8) is 0 Å². The third-order valence-corrected chi connectivity index (χ3v) is 5.50. The highest BCUT2D eigenvalue weighted by Crippen LogP contribution is 2.23. The van der Waals surface area contributed by atoms with Crippen LogP contribution < -0.4 is 14.8 Å². The van der Waals surface area contributed by atoms with E-state index in [-0.39, 0.29) is 18.4 Å². The minimum atomic E-state index is -0.361. The predicted molar refractivity (Wildman–Crippen MR) is 141 cm³/mol. The smallest absolute Gasteiger partial charge is 0.259 e. The Bertz CT molecular complexity index is 1290. The monoisotopic (exact) mass is 480 g/mol. The summed E-state index contributed by atoms with van der Waals surface area (Å²) in [5, 5.41) is 2.89. The van der Waals surface area contributed by atoms with Crippen molar-refractivity contribution in [2.75, 3.05) is 25.6 Å². The van der Waals surface area contributed by atoms with E-state index >= 15 is 0 Å². The van der Waals surface area contributed by atoms with E-state index in [2.05, 4.69) is 5.32 Å². The number of rotatable bonds is 10. The van der Waals surface area contributed by atoms with Gasteiger partial charge in [-0.15, -0.1) is 0 Å². The van der Waals surface area contributed by atoms with Gasteiger partial charge in [0.25, 0.3) is 11.8 Å². The van der Waals surface area contributed by atoms with Crippen LogP contribution in [0.25, 0.3) is 0 Å². The zero-order chi connectivity index (χ0) is 25.2. The summed E-state index contributed by atoms with van der Waals surface area (Å²) in [7, 11) is 1.74. The first-order chi connectivity index (χ1) is 17.6. The van der Waals surface area contributed by atoms with Crippen LogP contribution in [0.15, 0.2) is 109 Å². The van der Waals surface area contributed by atoms with E-state index in [1.807, 2.05) is 60.7 Å². The van der Waals surface area contributed by atoms with Crippen molar-refractivity contribution in [2.24, 2.45) is 0 Å². The molecule has 0 saturated carbocycles. The lowest BCUT2D eigenvalue weighted by molar-refractivity contribution is 0.0786. The van der Waals surface area contributed by atoms with Gasteiger partial charge in [-0.05, 0) is 42.0 Å². The summed E-state index contributed by atoms with van der Waals surface area (Å²) < 4.78 is 11.5. The SMILES string of the molecule is CN(Cc1ccccc1)C(=O)c1ccccc1NC(=O)c1ccccc1OCCOc1ccccc1. The Kier molecular flexibility index (Phi) is 8.33. The number of hydrogen-bond donors (Lipinski definition) is 1. The highest BCUT2D eigenvalue weighted by Gasteiger charge is 2.19. The van der Waals surface area contributed by atoms with Gasteiger partial charge in [0.2, 0.25) is 0 Å². The summed E-state index contributed by atoms with van der Waals surface area (Å²) in [6.45, 7) is 1.08. The fourth-order valence-electron chi connectivity index (χ4n) is 3.71. The average molecular weight is 481 g/mol. The molecule has 182 valence electrons. The fourth-order valence-corrected chi connectivity index (χ4v) is 3.71. The molecule has 0 bridgehead atoms. The molecule has 0 heterocycles. The first-order valence-electron chi connectivity index (χ1n) is 11.7. The lowest BCUT2D eigenvalue weighted by Crippen LogP contribution is -2.27. The Hall–Kier alpha value is -4.58. The van der Waals surface area contributed by atoms with Gasteiger partial charge in [-0.25, -0.2) is 0 Å². The number of nitrogens with zero attached hydrogens (tertiary/aromatic N) is 1. The highest BCUT2D eigenvalue weighted by molar-refractivity contribution is 6.10. The van der Waals surface area contributed by atoms with Gasteiger partial charge in [0.1, 0.15) is 24.7 Å². The second-order valence-corrected chi connectivity index (χ2v) is 8.15. The van der Waals surface area contributed by atoms with Crippen LogP contribution in [0.5, 0.6) is 11.5 Å². The number of benzene rings is 4. The van der Waals surface area contributed by atoms with Crippen LogP contribution in [0.2, 0.25) is 0 Å². The molecule has 0 aliphatic heterocycles. The molecule has 4 rings (SSSR count). The summed E-state index contributed by atoms with van der Waals surface area (Å²) >= 11 is 0. The summed E-state index contributed by atoms with van der Waals surface area (Å²) in [6, 6.07) is 33.2. The van der Waals surface area contributed by atoms with Crippen molar-refractivity contribution in [3.05, 3.63) is 126 Å². The third kappa shape index (κ3) is 6.51. The summed E-state index contributed by atoms with van der Waals surface area (Å²) in [5.74, 6) is 0.653. The quantitative estimate of drug-likeness (QED) is 0.297. The van der Waals surface area contributed by atoms with Gasteiger partial charge < -0.3 is 19.7 Å². The van der Waals surface area contributed by atoms with Crippen molar-refractivity contribution < 1.29 is 19.1 Å². The molecule has 0 atom stereocenters. The molecule has 4 aromatic carbocycles. The zero-order valence-electron chi connectivity index (χ0n) is 20.1. The predicted octanol–water partition coefficient (Wildman–Crippen LogP) is 5.67. The minimum Gasteiger partial charge on any atom is -0.490 e. The van der Waals surface area contributed by atoms with Crippen LogP contribution >= 0.6 is 0 Å². The van der Waals surface area contributed by atoms with Gasteiger partial charge in [0.15, 0.2) is 0 Å². The van der Waals surface area contributed by atoms with Crippen LogP contribution in [-0.4, -0.2) is 37.0 Å². The van der Waals surface area contributed by atoms with Crippen molar-refractivity contribution in [3.8, 4) is 11.5 Å². The first-order valence-corrected chi connectivity index (χ1v) is 11.7. The molecule has 1 N–H and O–H groups in total. The van der Waals surface area contributed by atoms with Gasteiger partial charge in [0.05, 0.1) is 16.8 Å². The number of nitrogens with one attached hydrogen (secondary N) is 1. The number of hydrogen-bond acceptors (Lipinski definition) is 4. The molecule has 6 nitrogen and oxygen atoms in total. The Morgan fingerprint density at radius 2 is 1.28 bits per heavy atom. The normalized spacial score (nSPS) is 10.4. The number of carbonyl (C=O) groups is 2. The maximum Gasteiger partial charge on any atom is 0.259 e. The topological polar surface area (TPSA) is 67.9 Å². The summed E-state index contributed by atoms with van der Waals surface area (Å²) in [4.78, 5) is 28.0. The third-order valence-electron chi connectivity index (χ3n) is 5.50. The molecule has 2 amide bonds. The van der Waals surface area contributed by atoms with Gasteiger partial charge in [0, 0.05) is 13.6 Å². The van der Waals surface area contributed by atoms with Crippen LogP contribution in [0.4, 0.5) is 5.69 Å². The number of carbonyl (C=O) groups excluding carboxylic acids is 2. The zero-order valence-corrected chi connectivity index (χ0v) is 20.1. The molecule has 36 heavy (non-hydrogen) atoms. The Morgan fingerprint density at radius 3 is 2.03 bits per heavy atom. The Labute approximate surface area is 211 Å². The van der Waals surface area contributed by atoms with Gasteiger partial charge in [-0.3, -0.25) is 9.59 Å². The van der Waals surface area contributed by atoms with Crippen LogP contribution in [0, 0.1) is 0 Å². The molecule has 0 saturated heterocycles. The summed E-state index contributed by atoms with van der Waals surface area (Å²) in [6.07, 6.45) is 0. The molecule has 0 fully saturated rings. The fraction of sp³-hybridized carbons (Fsp3) is 0.133. The molecule has 0 aliphatic rings. The van der Waals surface area contributed by atoms with E-state index in [0.29, 0.717) is 35.7 Å². The number of ether oxygens (including phenoxy) is 2. The number of anilines is 1. The van der Waals surface area contributed by atoms with E-state index in [4.69, 9.17) is 9.47 Å². The molecule has 0 radical (unpaired) electrons. The van der Waals surface area contributed by atoms with E-state index < -0.39 is 0 Å². The maximum absolute atomic E-state index is 13.2. The van der Waals surface area contributed by atoms with Crippen LogP contribution in [-0.2, 0) is 6.54 Å². The molecule has 0 aromatic heterocycles. The highest BCUT2D eigenvalue weighted by atomic mass is 16.5. The standard InChI is InChI=1S/C30H28N2O4/c1-32(22-23-12-4-2-5-13-23)30(34)25-16-8-10-18-27(25)31-29(33)26-17-9-11-19-28(26)36-21-20-35-24-14-6-3-7-15-24/h2-19H,20-22H2,1H3,(H,31,33). The van der Waals surface area contributed by atoms with Crippen molar-refractivity contribution in [1.29, 1.82) is 0 Å². The van der Waals surface area contributed by atoms with Crippen molar-refractivity contribution >= 4 is 17.5 Å². The largest absolute Gasteiger partial charge is 0.490 e. The second kappa shape index (κ2) is 12.2. The van der Waals surface area contributed by atoms with Crippen molar-refractivity contribution in [1.82, 2.24) is 4.90 Å². The molecular formula is C30H28N2O4. The van der Waals surface area contributed by atoms with E-state index in [9.17, 15) is 9.59 Å². The molecular weight excluding hydrogens is 452 g/mol. The number of para-hydroxylation sites is 3. The lowest BCUT2D eigenvalue weighted by Gasteiger charge is -2.20. The maximum atomic E-state index is 13.2. The van der Waals surface area contributed by atoms with Crippen LogP contribution in [0.3, 0.4) is 0 Å². The average Bonchev–Trinajstić information content (AvgIpc) is 2.92. The molecule has 6 heteroatoms. The van der Waals surface area contributed by atoms with Gasteiger partial charge in [-0.1, -0.05) is 72.8 Å². The lowest BCUT2D eigenvalue weighted by atomic mass is 10.1. The Morgan fingerprint density at radius 1 is 0.694 bits per heavy atom. The van der Waals surface area contributed by atoms with Crippen LogP contribution in [0.1, 0.15) is 26.3 Å². The van der Waals surface area contributed by atoms with Gasteiger partial charge >= 0.3 is 0 Å². The molecule has 4 aromatic rings. The number of amides is 2. The van der Waals surface area contributed by atoms with E-state index in [0.717, 1.165) is 11.3 Å². The second-order valence-electron chi connectivity index (χ2n) is 8.15. The van der Waals surface area contributed by atoms with Crippen molar-refractivity contribution in [2.45, 2.75) is 6.54 Å². The molecule has 0 aliphatic carbocycles.